The van der Waals surface area contributed by atoms with E-state index in [0.717, 1.165) is 12.1 Å². The number of hydrogen-bond donors (Lipinski definition) is 3. The molecule has 0 radical (unpaired) electrons. The van der Waals surface area contributed by atoms with Gasteiger partial charge in [0, 0.05) is 19.8 Å². The summed E-state index contributed by atoms with van der Waals surface area (Å²) >= 11 is 0. The summed E-state index contributed by atoms with van der Waals surface area (Å²) in [6.07, 6.45) is 0.942. The van der Waals surface area contributed by atoms with Crippen LogP contribution in [0.15, 0.2) is 18.2 Å². The molecule has 2 rings (SSSR count). The molecule has 0 unspecified atom stereocenters. The van der Waals surface area contributed by atoms with E-state index in [1.165, 1.54) is 6.07 Å². The summed E-state index contributed by atoms with van der Waals surface area (Å²) in [4.78, 5) is 23.6. The van der Waals surface area contributed by atoms with Gasteiger partial charge in [0.15, 0.2) is 0 Å². The lowest BCUT2D eigenvalue weighted by Crippen LogP contribution is -2.46. The van der Waals surface area contributed by atoms with Crippen molar-refractivity contribution in [2.24, 2.45) is 11.1 Å². The van der Waals surface area contributed by atoms with Crippen molar-refractivity contribution in [1.29, 1.82) is 0 Å². The average Bonchev–Trinajstić information content (AvgIpc) is 2.49. The number of halogens is 1. The van der Waals surface area contributed by atoms with Gasteiger partial charge < -0.3 is 20.9 Å². The van der Waals surface area contributed by atoms with Crippen molar-refractivity contribution in [3.8, 4) is 0 Å². The maximum absolute atomic E-state index is 13.1. The Balaban J connectivity index is 2.24. The molecule has 1 aliphatic heterocycles. The molecule has 7 heteroatoms. The van der Waals surface area contributed by atoms with Gasteiger partial charge in [0.05, 0.1) is 16.7 Å². The zero-order valence-electron chi connectivity index (χ0n) is 11.4. The first-order chi connectivity index (χ1) is 9.98. The summed E-state index contributed by atoms with van der Waals surface area (Å²) in [7, 11) is 0. The van der Waals surface area contributed by atoms with Crippen molar-refractivity contribution >= 4 is 17.6 Å². The molecule has 1 aliphatic rings. The normalized spacial score (nSPS) is 17.2. The summed E-state index contributed by atoms with van der Waals surface area (Å²) in [5.74, 6) is -2.34. The second kappa shape index (κ2) is 6.19. The average molecular weight is 296 g/mol. The second-order valence-electron chi connectivity index (χ2n) is 5.05. The van der Waals surface area contributed by atoms with Crippen molar-refractivity contribution < 1.29 is 23.8 Å². The lowest BCUT2D eigenvalue weighted by Gasteiger charge is -2.34. The number of carboxylic acids is 1. The Morgan fingerprint density at radius 3 is 2.62 bits per heavy atom. The number of nitrogens with one attached hydrogen (secondary N) is 1. The molecule has 1 amide bonds. The molecule has 21 heavy (non-hydrogen) atoms. The van der Waals surface area contributed by atoms with Gasteiger partial charge in [0.25, 0.3) is 0 Å². The number of ether oxygens (including phenoxy) is 1. The van der Waals surface area contributed by atoms with Gasteiger partial charge in [0.2, 0.25) is 5.91 Å². The molecule has 114 valence electrons. The van der Waals surface area contributed by atoms with Crippen LogP contribution >= 0.6 is 0 Å². The van der Waals surface area contributed by atoms with Crippen molar-refractivity contribution in [3.63, 3.8) is 0 Å². The van der Waals surface area contributed by atoms with Gasteiger partial charge >= 0.3 is 5.97 Å². The molecule has 1 saturated heterocycles. The molecule has 0 spiro atoms. The molecular formula is C14H17FN2O4. The molecule has 1 aromatic carbocycles. The first-order valence-electron chi connectivity index (χ1n) is 6.61. The summed E-state index contributed by atoms with van der Waals surface area (Å²) in [5, 5.41) is 11.6. The number of aromatic carboxylic acids is 1. The highest BCUT2D eigenvalue weighted by molar-refractivity contribution is 6.02. The Bertz CT molecular complexity index is 556. The van der Waals surface area contributed by atoms with Gasteiger partial charge in [-0.25, -0.2) is 9.18 Å². The molecule has 1 aromatic rings. The standard InChI is InChI=1S/C14H17FN2O4/c15-9-1-2-11(10(7-9)12(18)19)17-13(20)14(8-16)3-5-21-6-4-14/h1-2,7H,3-6,8,16H2,(H,17,20)(H,18,19). The van der Waals surface area contributed by atoms with E-state index in [2.05, 4.69) is 5.32 Å². The van der Waals surface area contributed by atoms with Crippen LogP contribution in [0, 0.1) is 11.2 Å². The van der Waals surface area contributed by atoms with E-state index >= 15 is 0 Å². The van der Waals surface area contributed by atoms with E-state index in [-0.39, 0.29) is 23.7 Å². The van der Waals surface area contributed by atoms with Crippen LogP contribution in [-0.4, -0.2) is 36.7 Å². The molecule has 1 heterocycles. The van der Waals surface area contributed by atoms with Crippen LogP contribution in [0.4, 0.5) is 10.1 Å². The summed E-state index contributed by atoms with van der Waals surface area (Å²) < 4.78 is 18.4. The molecule has 0 bridgehead atoms. The van der Waals surface area contributed by atoms with Crippen LogP contribution in [0.2, 0.25) is 0 Å². The van der Waals surface area contributed by atoms with Crippen molar-refractivity contribution in [3.05, 3.63) is 29.6 Å². The number of nitrogens with two attached hydrogens (primary N) is 1. The van der Waals surface area contributed by atoms with E-state index in [0.29, 0.717) is 26.1 Å². The van der Waals surface area contributed by atoms with E-state index in [1.807, 2.05) is 0 Å². The predicted octanol–water partition coefficient (Wildman–Crippen LogP) is 1.22. The zero-order valence-corrected chi connectivity index (χ0v) is 11.4. The molecule has 1 fully saturated rings. The maximum Gasteiger partial charge on any atom is 0.337 e. The lowest BCUT2D eigenvalue weighted by molar-refractivity contribution is -0.130. The SMILES string of the molecule is NCC1(C(=O)Nc2ccc(F)cc2C(=O)O)CCOCC1. The number of carbonyl (C=O) groups excluding carboxylic acids is 1. The molecule has 0 saturated carbocycles. The Morgan fingerprint density at radius 1 is 1.38 bits per heavy atom. The monoisotopic (exact) mass is 296 g/mol. The fourth-order valence-corrected chi connectivity index (χ4v) is 2.34. The summed E-state index contributed by atoms with van der Waals surface area (Å²) in [6, 6.07) is 3.21. The van der Waals surface area contributed by atoms with Gasteiger partial charge in [-0.05, 0) is 31.0 Å². The highest BCUT2D eigenvalue weighted by Crippen LogP contribution is 2.31. The van der Waals surface area contributed by atoms with Crippen LogP contribution in [0.3, 0.4) is 0 Å². The van der Waals surface area contributed by atoms with Crippen molar-refractivity contribution in [2.45, 2.75) is 12.8 Å². The van der Waals surface area contributed by atoms with E-state index in [4.69, 9.17) is 15.6 Å². The third kappa shape index (κ3) is 3.20. The summed E-state index contributed by atoms with van der Waals surface area (Å²) in [6.45, 7) is 1.01. The first-order valence-corrected chi connectivity index (χ1v) is 6.61. The number of anilines is 1. The fraction of sp³-hybridized carbons (Fsp3) is 0.429. The lowest BCUT2D eigenvalue weighted by atomic mass is 9.79. The fourth-order valence-electron chi connectivity index (χ4n) is 2.34. The third-order valence-corrected chi connectivity index (χ3v) is 3.78. The van der Waals surface area contributed by atoms with E-state index < -0.39 is 17.2 Å². The zero-order chi connectivity index (χ0) is 15.5. The molecular weight excluding hydrogens is 279 g/mol. The predicted molar refractivity (Wildman–Crippen MR) is 73.5 cm³/mol. The number of rotatable bonds is 4. The minimum absolute atomic E-state index is 0.0632. The smallest absolute Gasteiger partial charge is 0.337 e. The van der Waals surface area contributed by atoms with E-state index in [1.54, 1.807) is 0 Å². The molecule has 0 aliphatic carbocycles. The van der Waals surface area contributed by atoms with Crippen LogP contribution in [-0.2, 0) is 9.53 Å². The quantitative estimate of drug-likeness (QED) is 0.775. The highest BCUT2D eigenvalue weighted by Gasteiger charge is 2.39. The molecule has 4 N–H and O–H groups in total. The van der Waals surface area contributed by atoms with Gasteiger partial charge in [-0.15, -0.1) is 0 Å². The Kier molecular flexibility index (Phi) is 4.54. The summed E-state index contributed by atoms with van der Waals surface area (Å²) in [5.41, 5.74) is 4.72. The second-order valence-corrected chi connectivity index (χ2v) is 5.05. The Morgan fingerprint density at radius 2 is 2.05 bits per heavy atom. The maximum atomic E-state index is 13.1. The topological polar surface area (TPSA) is 102 Å². The minimum Gasteiger partial charge on any atom is -0.478 e. The Hall–Kier alpha value is -1.99. The van der Waals surface area contributed by atoms with Crippen molar-refractivity contribution in [2.75, 3.05) is 25.1 Å². The van der Waals surface area contributed by atoms with Crippen LogP contribution in [0.5, 0.6) is 0 Å². The van der Waals surface area contributed by atoms with Gasteiger partial charge in [0.1, 0.15) is 5.82 Å². The first kappa shape index (κ1) is 15.4. The van der Waals surface area contributed by atoms with E-state index in [9.17, 15) is 14.0 Å². The molecule has 0 atom stereocenters. The van der Waals surface area contributed by atoms with Gasteiger partial charge in [-0.2, -0.15) is 0 Å². The Labute approximate surface area is 121 Å². The van der Waals surface area contributed by atoms with Crippen LogP contribution < -0.4 is 11.1 Å². The van der Waals surface area contributed by atoms with Crippen LogP contribution in [0.1, 0.15) is 23.2 Å². The highest BCUT2D eigenvalue weighted by atomic mass is 19.1. The number of hydrogen-bond acceptors (Lipinski definition) is 4. The third-order valence-electron chi connectivity index (χ3n) is 3.78. The van der Waals surface area contributed by atoms with Gasteiger partial charge in [-0.3, -0.25) is 4.79 Å². The molecule has 6 nitrogen and oxygen atoms in total. The van der Waals surface area contributed by atoms with Gasteiger partial charge in [-0.1, -0.05) is 0 Å². The largest absolute Gasteiger partial charge is 0.478 e. The minimum atomic E-state index is -1.31. The number of carbonyl (C=O) groups is 2. The van der Waals surface area contributed by atoms with Crippen LogP contribution in [0.25, 0.3) is 0 Å². The van der Waals surface area contributed by atoms with Crippen molar-refractivity contribution in [1.82, 2.24) is 0 Å². The number of carboxylic acid groups (broad SMARTS) is 1. The number of amides is 1. The molecule has 0 aromatic heterocycles. The number of benzene rings is 1.